The monoisotopic (exact) mass is 1450 g/mol. The molecule has 3 saturated carbocycles. The van der Waals surface area contributed by atoms with E-state index in [1.54, 1.807) is 0 Å². The maximum Gasteiger partial charge on any atom is 0.234 e. The lowest BCUT2D eigenvalue weighted by molar-refractivity contribution is -0.143. The highest BCUT2D eigenvalue weighted by atomic mass is 28.4. The lowest BCUT2D eigenvalue weighted by Crippen LogP contribution is -2.46. The quantitative estimate of drug-likeness (QED) is 0.00996. The van der Waals surface area contributed by atoms with Gasteiger partial charge in [0.05, 0.1) is 67.5 Å². The number of amides is 6. The second-order valence-corrected chi connectivity index (χ2v) is 59.7. The molecule has 21 nitrogen and oxygen atoms in total. The zero-order valence-electron chi connectivity index (χ0n) is 62.5. The van der Waals surface area contributed by atoms with Gasteiger partial charge in [-0.2, -0.15) is 0 Å². The summed E-state index contributed by atoms with van der Waals surface area (Å²) >= 11 is 0. The highest BCUT2D eigenvalue weighted by Crippen LogP contribution is 2.54. The molecule has 4 bridgehead atoms. The third-order valence-electron chi connectivity index (χ3n) is 23.2. The molecule has 2 aromatic heterocycles. The number of carbonyl (C=O) groups excluding carboxylic acids is 6. The van der Waals surface area contributed by atoms with Gasteiger partial charge in [-0.15, -0.1) is 29.8 Å². The predicted molar refractivity (Wildman–Crippen MR) is 401 cm³/mol. The summed E-state index contributed by atoms with van der Waals surface area (Å²) in [6.45, 7) is 51.9. The number of nitrogens with zero attached hydrogens (tertiary/aromatic N) is 12. The number of aryl methyl sites for hydroxylation is 2. The van der Waals surface area contributed by atoms with Gasteiger partial charge in [0.2, 0.25) is 35.4 Å². The Kier molecular flexibility index (Phi) is 27.1. The average molecular weight is 1450 g/mol. The van der Waals surface area contributed by atoms with E-state index in [0.29, 0.717) is 34.6 Å². The first-order chi connectivity index (χ1) is 45.9. The molecule has 0 spiro atoms. The van der Waals surface area contributed by atoms with Crippen molar-refractivity contribution in [2.24, 2.45) is 76.1 Å². The number of hydrogen-bond acceptors (Lipinski definition) is 14. The minimum atomic E-state index is -1.76. The van der Waals surface area contributed by atoms with E-state index >= 15 is 0 Å². The fourth-order valence-corrected chi connectivity index (χ4v) is 43.3. The van der Waals surface area contributed by atoms with Gasteiger partial charge in [0.25, 0.3) is 0 Å². The van der Waals surface area contributed by atoms with Crippen LogP contribution in [0.5, 0.6) is 0 Å². The highest BCUT2D eigenvalue weighted by Gasteiger charge is 2.61. The molecule has 6 amide bonds. The van der Waals surface area contributed by atoms with Gasteiger partial charge in [-0.3, -0.25) is 52.8 Å². The molecule has 5 aliphatic carbocycles. The molecule has 0 radical (unpaired) electrons. The summed E-state index contributed by atoms with van der Waals surface area (Å²) in [5, 5.41) is 20.6. The average Bonchev–Trinajstić information content (AvgIpc) is 1.59. The fourth-order valence-electron chi connectivity index (χ4n) is 16.6. The van der Waals surface area contributed by atoms with Crippen molar-refractivity contribution in [3.63, 3.8) is 0 Å². The number of hydrogen-bond donors (Lipinski definition) is 0. The van der Waals surface area contributed by atoms with Gasteiger partial charge in [-0.25, -0.2) is 0 Å². The summed E-state index contributed by atoms with van der Waals surface area (Å²) in [4.78, 5) is 82.6. The van der Waals surface area contributed by atoms with Crippen molar-refractivity contribution in [3.05, 3.63) is 83.8 Å². The first kappa shape index (κ1) is 80.0. The number of azide groups is 1. The Morgan fingerprint density at radius 2 is 0.857 bits per heavy atom. The van der Waals surface area contributed by atoms with E-state index in [0.717, 1.165) is 76.2 Å². The van der Waals surface area contributed by atoms with Crippen molar-refractivity contribution < 1.29 is 41.1 Å². The molecule has 3 saturated heterocycles. The van der Waals surface area contributed by atoms with Crippen LogP contribution in [0.1, 0.15) is 111 Å². The van der Waals surface area contributed by atoms with E-state index in [1.807, 2.05) is 33.9 Å². The maximum absolute atomic E-state index is 13.1. The van der Waals surface area contributed by atoms with Gasteiger partial charge in [0.1, 0.15) is 11.4 Å². The van der Waals surface area contributed by atoms with Gasteiger partial charge in [0.15, 0.2) is 49.9 Å². The van der Waals surface area contributed by atoms with Crippen LogP contribution in [0.2, 0.25) is 113 Å². The maximum atomic E-state index is 13.1. The highest BCUT2D eigenvalue weighted by molar-refractivity contribution is 6.86. The van der Waals surface area contributed by atoms with Gasteiger partial charge in [-0.1, -0.05) is 119 Å². The standard InChI is InChI=1S/C25H42N4O3Si2.C23H38N4O3Si2.C12H11NO2.C11H27N3OSi2/c1-9-18(4)34(7,8)32-33(5,6)14-12-13-28-16-21(26-27-28)17-29-24(30)22-19(10-2)15-20(11-3)23(22)25(29)31;1-7-16(2)32(5,6)30-31(3,4)12-8-11-26-14-19(24-25-26)15-27-22(28)20-17-9-10-18(13-17)21(20)23(27)29;1-2-5-13-11(14)9-7-3-4-8(6-7)10(9)12(13)15;1-7-11(2)17(5,6)15-16(3,4)10-8-9-13-14-12/h10-11,16,18-20,22-23H,2-3,9,12-15,17H2,1,4-8H3;9-10,14,16-18,20-21H,7-8,11-13,15H2,1-6H3;1,3-4,7-10H,5-6H2;11H,7-10H2,1-6H3. The number of carbonyl (C=O) groups is 6. The normalized spacial score (nSPS) is 27.0. The van der Waals surface area contributed by atoms with E-state index in [-0.39, 0.29) is 126 Å². The molecular formula is C71H118N12O9Si6. The third-order valence-corrected chi connectivity index (χ3v) is 49.2. The van der Waals surface area contributed by atoms with Crippen LogP contribution in [-0.4, -0.2) is 143 Å². The second kappa shape index (κ2) is 33.2. The Morgan fingerprint density at radius 3 is 1.16 bits per heavy atom. The topological polar surface area (TPSA) is 250 Å². The van der Waals surface area contributed by atoms with Gasteiger partial charge in [0, 0.05) is 24.5 Å². The number of allylic oxidation sites excluding steroid dienone is 6. The lowest BCUT2D eigenvalue weighted by atomic mass is 9.85. The zero-order chi connectivity index (χ0) is 72.6. The van der Waals surface area contributed by atoms with Crippen LogP contribution in [0.15, 0.2) is 67.1 Å². The minimum absolute atomic E-state index is 0.0215. The first-order valence-electron chi connectivity index (χ1n) is 36.4. The molecule has 2 aromatic rings. The Bertz CT molecular complexity index is 3260. The first-order valence-corrected chi connectivity index (χ1v) is 54.8. The summed E-state index contributed by atoms with van der Waals surface area (Å²) in [5.41, 5.74) is 11.6. The van der Waals surface area contributed by atoms with E-state index < -0.39 is 49.9 Å². The van der Waals surface area contributed by atoms with E-state index in [2.05, 4.69) is 194 Å². The fraction of sp³-hybridized carbons (Fsp3) is 0.718. The number of aromatic nitrogens is 6. The molecule has 8 aliphatic rings. The summed E-state index contributed by atoms with van der Waals surface area (Å²) in [6, 6.07) is 3.23. The summed E-state index contributed by atoms with van der Waals surface area (Å²) in [7, 11) is -9.98. The number of terminal acetylenes is 1. The van der Waals surface area contributed by atoms with Gasteiger partial charge >= 0.3 is 0 Å². The molecule has 15 atom stereocenters. The van der Waals surface area contributed by atoms with Crippen LogP contribution < -0.4 is 0 Å². The molecular weight excluding hydrogens is 1330 g/mol. The van der Waals surface area contributed by atoms with Crippen molar-refractivity contribution in [1.82, 2.24) is 44.7 Å². The minimum Gasteiger partial charge on any atom is -0.455 e. The van der Waals surface area contributed by atoms with Crippen LogP contribution in [0.4, 0.5) is 0 Å². The number of likely N-dealkylation sites (tertiary alicyclic amines) is 3. The third kappa shape index (κ3) is 18.9. The van der Waals surface area contributed by atoms with Crippen molar-refractivity contribution in [2.45, 2.75) is 239 Å². The molecule has 3 aliphatic heterocycles. The molecule has 0 N–H and O–H groups in total. The Morgan fingerprint density at radius 1 is 0.541 bits per heavy atom. The van der Waals surface area contributed by atoms with Crippen molar-refractivity contribution in [3.8, 4) is 12.3 Å². The molecule has 0 aromatic carbocycles. The van der Waals surface area contributed by atoms with E-state index in [4.69, 9.17) is 24.3 Å². The van der Waals surface area contributed by atoms with Crippen LogP contribution >= 0.6 is 0 Å². The van der Waals surface area contributed by atoms with Crippen molar-refractivity contribution in [1.29, 1.82) is 0 Å². The summed E-state index contributed by atoms with van der Waals surface area (Å²) in [5.74, 6) is 1.90. The Labute approximate surface area is 591 Å². The molecule has 10 rings (SSSR count). The van der Waals surface area contributed by atoms with E-state index in [9.17, 15) is 28.8 Å². The number of imide groups is 3. The SMILES string of the molecule is C#CCN1C(=O)C2C3C=CC(C3)C2C1=O.C=CC1CC(C=C)C2C(=O)N(Cc3cn(CCC[Si](C)(C)O[Si](C)(C)C(C)CC)nn3)C(=O)C12.CCC(C)[Si](C)(C)O[Si](C)(C)CCCN=[N+]=[N-].CCC(C)[Si](C)(C)O[Si](C)(C)CCCn1cc(CN2C(=O)C3C4C=CC(C4)C3C2=O)nn1. The zero-order valence-corrected chi connectivity index (χ0v) is 68.5. The summed E-state index contributed by atoms with van der Waals surface area (Å²) in [6.07, 6.45) is 30.1. The van der Waals surface area contributed by atoms with Gasteiger partial charge in [-0.05, 0) is 193 Å². The van der Waals surface area contributed by atoms with Crippen molar-refractivity contribution in [2.75, 3.05) is 13.1 Å². The molecule has 15 unspecified atom stereocenters. The van der Waals surface area contributed by atoms with Crippen LogP contribution in [0.3, 0.4) is 0 Å². The second-order valence-electron chi connectivity index (χ2n) is 32.6. The molecule has 6 fully saturated rings. The van der Waals surface area contributed by atoms with Gasteiger partial charge < -0.3 is 12.3 Å². The lowest BCUT2D eigenvalue weighted by Gasteiger charge is -2.37. The number of fused-ring (bicyclic) bond motifs is 11. The molecule has 98 heavy (non-hydrogen) atoms. The smallest absolute Gasteiger partial charge is 0.234 e. The molecule has 540 valence electrons. The Hall–Kier alpha value is -5.29. The predicted octanol–water partition coefficient (Wildman–Crippen LogP) is 14.5. The van der Waals surface area contributed by atoms with Crippen LogP contribution in [0.25, 0.3) is 10.4 Å². The Balaban J connectivity index is 0.000000194. The van der Waals surface area contributed by atoms with Crippen LogP contribution in [0, 0.1) is 83.4 Å². The number of rotatable bonds is 31. The van der Waals surface area contributed by atoms with E-state index in [1.165, 1.54) is 27.5 Å². The van der Waals surface area contributed by atoms with Crippen LogP contribution in [-0.2, 0) is 67.3 Å². The largest absolute Gasteiger partial charge is 0.455 e. The summed E-state index contributed by atoms with van der Waals surface area (Å²) < 4.78 is 23.6. The molecule has 5 heterocycles. The molecule has 27 heteroatoms. The van der Waals surface area contributed by atoms with Crippen molar-refractivity contribution >= 4 is 85.3 Å².